The van der Waals surface area contributed by atoms with Crippen molar-refractivity contribution in [1.82, 2.24) is 0 Å². The number of carbonyl (C=O) groups excluding carboxylic acids is 1. The Hall–Kier alpha value is -2.43. The molecule has 0 bridgehead atoms. The van der Waals surface area contributed by atoms with Crippen molar-refractivity contribution in [2.45, 2.75) is 6.42 Å². The maximum absolute atomic E-state index is 13.2. The molecule has 108 valence electrons. The Morgan fingerprint density at radius 1 is 0.857 bits per heavy atom. The molecule has 0 spiro atoms. The minimum atomic E-state index is -1.05. The second-order valence-electron chi connectivity index (χ2n) is 4.67. The van der Waals surface area contributed by atoms with Gasteiger partial charge in [0.1, 0.15) is 0 Å². The molecule has 0 amide bonds. The van der Waals surface area contributed by atoms with E-state index in [-0.39, 0.29) is 5.56 Å². The van der Waals surface area contributed by atoms with Crippen LogP contribution in [-0.2, 0) is 0 Å². The van der Waals surface area contributed by atoms with Gasteiger partial charge in [-0.1, -0.05) is 0 Å². The maximum Gasteiger partial charge on any atom is 0.193 e. The van der Waals surface area contributed by atoms with Gasteiger partial charge in [0, 0.05) is 17.5 Å². The average Bonchev–Trinajstić information content (AvgIpc) is 2.73. The van der Waals surface area contributed by atoms with Crippen LogP contribution in [0.25, 0.3) is 0 Å². The van der Waals surface area contributed by atoms with Crippen molar-refractivity contribution in [1.29, 1.82) is 0 Å². The van der Waals surface area contributed by atoms with Crippen LogP contribution < -0.4 is 9.47 Å². The zero-order valence-electron chi connectivity index (χ0n) is 11.1. The molecule has 0 radical (unpaired) electrons. The van der Waals surface area contributed by atoms with Gasteiger partial charge in [0.2, 0.25) is 0 Å². The van der Waals surface area contributed by atoms with Crippen LogP contribution >= 0.6 is 0 Å². The predicted molar refractivity (Wildman–Crippen MR) is 71.8 cm³/mol. The van der Waals surface area contributed by atoms with Gasteiger partial charge in [-0.2, -0.15) is 0 Å². The van der Waals surface area contributed by atoms with E-state index < -0.39 is 17.4 Å². The number of hydrogen-bond donors (Lipinski definition) is 0. The smallest absolute Gasteiger partial charge is 0.193 e. The van der Waals surface area contributed by atoms with Crippen molar-refractivity contribution in [3.05, 3.63) is 59.2 Å². The number of halogens is 2. The van der Waals surface area contributed by atoms with Crippen LogP contribution in [0.15, 0.2) is 36.4 Å². The van der Waals surface area contributed by atoms with Crippen LogP contribution in [0.1, 0.15) is 22.3 Å². The van der Waals surface area contributed by atoms with Crippen molar-refractivity contribution in [3.8, 4) is 11.5 Å². The summed E-state index contributed by atoms with van der Waals surface area (Å²) in [5.74, 6) is -1.36. The second-order valence-corrected chi connectivity index (χ2v) is 4.67. The molecule has 0 fully saturated rings. The summed E-state index contributed by atoms with van der Waals surface area (Å²) in [4.78, 5) is 12.3. The van der Waals surface area contributed by atoms with E-state index in [4.69, 9.17) is 9.47 Å². The third-order valence-electron chi connectivity index (χ3n) is 3.19. The lowest BCUT2D eigenvalue weighted by molar-refractivity contribution is 0.103. The van der Waals surface area contributed by atoms with Crippen molar-refractivity contribution in [2.75, 3.05) is 13.2 Å². The molecule has 1 aliphatic rings. The first kappa shape index (κ1) is 13.5. The summed E-state index contributed by atoms with van der Waals surface area (Å²) >= 11 is 0. The van der Waals surface area contributed by atoms with Crippen molar-refractivity contribution < 1.29 is 23.0 Å². The molecule has 0 aliphatic carbocycles. The number of ketones is 1. The Bertz CT molecular complexity index is 698. The van der Waals surface area contributed by atoms with Crippen LogP contribution in [-0.4, -0.2) is 19.0 Å². The van der Waals surface area contributed by atoms with Crippen molar-refractivity contribution >= 4 is 5.78 Å². The summed E-state index contributed by atoms with van der Waals surface area (Å²) in [6.45, 7) is 1.07. The van der Waals surface area contributed by atoms with Crippen LogP contribution in [0.5, 0.6) is 11.5 Å². The highest BCUT2D eigenvalue weighted by Crippen LogP contribution is 2.31. The molecule has 1 aliphatic heterocycles. The van der Waals surface area contributed by atoms with Crippen LogP contribution in [0, 0.1) is 11.6 Å². The lowest BCUT2D eigenvalue weighted by Gasteiger charge is -2.09. The van der Waals surface area contributed by atoms with E-state index in [1.165, 1.54) is 6.07 Å². The summed E-state index contributed by atoms with van der Waals surface area (Å²) in [6, 6.07) is 7.87. The molecule has 21 heavy (non-hydrogen) atoms. The fourth-order valence-corrected chi connectivity index (χ4v) is 2.11. The minimum Gasteiger partial charge on any atom is -0.490 e. The van der Waals surface area contributed by atoms with E-state index in [9.17, 15) is 13.6 Å². The van der Waals surface area contributed by atoms with E-state index in [0.29, 0.717) is 30.3 Å². The second kappa shape index (κ2) is 5.52. The van der Waals surface area contributed by atoms with Crippen molar-refractivity contribution in [3.63, 3.8) is 0 Å². The molecule has 0 unspecified atom stereocenters. The Labute approximate surface area is 120 Å². The molecule has 0 N–H and O–H groups in total. The van der Waals surface area contributed by atoms with E-state index in [2.05, 4.69) is 0 Å². The van der Waals surface area contributed by atoms with Crippen LogP contribution in [0.3, 0.4) is 0 Å². The van der Waals surface area contributed by atoms with Gasteiger partial charge in [0.15, 0.2) is 28.9 Å². The quantitative estimate of drug-likeness (QED) is 0.796. The van der Waals surface area contributed by atoms with Crippen LogP contribution in [0.2, 0.25) is 0 Å². The highest BCUT2D eigenvalue weighted by molar-refractivity contribution is 6.09. The van der Waals surface area contributed by atoms with Crippen LogP contribution in [0.4, 0.5) is 8.78 Å². The summed E-state index contributed by atoms with van der Waals surface area (Å²) < 4.78 is 37.1. The Balaban J connectivity index is 1.94. The molecule has 1 heterocycles. The van der Waals surface area contributed by atoms with Crippen molar-refractivity contribution in [2.24, 2.45) is 0 Å². The first-order valence-electron chi connectivity index (χ1n) is 6.54. The lowest BCUT2D eigenvalue weighted by Crippen LogP contribution is -2.03. The van der Waals surface area contributed by atoms with Gasteiger partial charge in [-0.3, -0.25) is 4.79 Å². The summed E-state index contributed by atoms with van der Waals surface area (Å²) in [5.41, 5.74) is 0.425. The van der Waals surface area contributed by atoms with Gasteiger partial charge in [-0.15, -0.1) is 0 Å². The normalized spacial score (nSPS) is 13.6. The molecule has 3 nitrogen and oxygen atoms in total. The number of rotatable bonds is 2. The average molecular weight is 290 g/mol. The zero-order valence-corrected chi connectivity index (χ0v) is 11.1. The van der Waals surface area contributed by atoms with Gasteiger partial charge in [-0.25, -0.2) is 8.78 Å². The Morgan fingerprint density at radius 3 is 2.29 bits per heavy atom. The number of ether oxygens (including phenoxy) is 2. The van der Waals surface area contributed by atoms with Gasteiger partial charge < -0.3 is 9.47 Å². The van der Waals surface area contributed by atoms with Gasteiger partial charge in [-0.05, 0) is 36.4 Å². The van der Waals surface area contributed by atoms with E-state index in [1.54, 1.807) is 18.2 Å². The number of benzene rings is 2. The third-order valence-corrected chi connectivity index (χ3v) is 3.19. The molecule has 2 aromatic carbocycles. The Morgan fingerprint density at radius 2 is 1.52 bits per heavy atom. The maximum atomic E-state index is 13.2. The van der Waals surface area contributed by atoms with Gasteiger partial charge >= 0.3 is 0 Å². The predicted octanol–water partition coefficient (Wildman–Crippen LogP) is 3.36. The first-order valence-corrected chi connectivity index (χ1v) is 6.54. The fourth-order valence-electron chi connectivity index (χ4n) is 2.11. The zero-order chi connectivity index (χ0) is 14.8. The van der Waals surface area contributed by atoms with E-state index in [0.717, 1.165) is 18.6 Å². The summed E-state index contributed by atoms with van der Waals surface area (Å²) in [6.07, 6.45) is 0.765. The minimum absolute atomic E-state index is 0.0865. The van der Waals surface area contributed by atoms with Gasteiger partial charge in [0.25, 0.3) is 0 Å². The molecule has 0 aromatic heterocycles. The molecule has 0 saturated carbocycles. The molecule has 2 aromatic rings. The fraction of sp³-hybridized carbons (Fsp3) is 0.188. The third kappa shape index (κ3) is 2.72. The Kier molecular flexibility index (Phi) is 3.56. The molecular formula is C16H12F2O3. The summed E-state index contributed by atoms with van der Waals surface area (Å²) in [7, 11) is 0. The molecule has 0 atom stereocenters. The number of hydrogen-bond acceptors (Lipinski definition) is 3. The highest BCUT2D eigenvalue weighted by Gasteiger charge is 2.16. The molecule has 5 heteroatoms. The molecule has 3 rings (SSSR count). The largest absolute Gasteiger partial charge is 0.490 e. The molecule has 0 saturated heterocycles. The highest BCUT2D eigenvalue weighted by atomic mass is 19.2. The van der Waals surface area contributed by atoms with Gasteiger partial charge in [0.05, 0.1) is 13.2 Å². The lowest BCUT2D eigenvalue weighted by atomic mass is 10.0. The molecular weight excluding hydrogens is 278 g/mol. The topological polar surface area (TPSA) is 35.5 Å². The standard InChI is InChI=1S/C16H12F2O3/c17-12-4-2-10(8-13(12)18)16(19)11-3-5-14-15(9-11)21-7-1-6-20-14/h2-5,8-9H,1,6-7H2. The SMILES string of the molecule is O=C(c1ccc(F)c(F)c1)c1ccc2c(c1)OCCCO2. The number of carbonyl (C=O) groups is 1. The first-order chi connectivity index (χ1) is 10.1. The monoisotopic (exact) mass is 290 g/mol. The van der Waals surface area contributed by atoms with E-state index >= 15 is 0 Å². The van der Waals surface area contributed by atoms with E-state index in [1.807, 2.05) is 0 Å². The number of fused-ring (bicyclic) bond motifs is 1. The summed E-state index contributed by atoms with van der Waals surface area (Å²) in [5, 5.41) is 0.